The average molecular weight is 418 g/mol. The van der Waals surface area contributed by atoms with Crippen molar-refractivity contribution in [1.29, 1.82) is 0 Å². The molecule has 0 bridgehead atoms. The zero-order chi connectivity index (χ0) is 18.4. The number of hydrogen-bond acceptors (Lipinski definition) is 4. The van der Waals surface area contributed by atoms with E-state index in [0.717, 1.165) is 15.8 Å². The summed E-state index contributed by atoms with van der Waals surface area (Å²) in [6.07, 6.45) is 0. The first-order valence-electron chi connectivity index (χ1n) is 8.38. The lowest BCUT2D eigenvalue weighted by Crippen LogP contribution is -2.40. The molecule has 26 heavy (non-hydrogen) atoms. The van der Waals surface area contributed by atoms with E-state index in [1.54, 1.807) is 17.0 Å². The van der Waals surface area contributed by atoms with Crippen molar-refractivity contribution in [3.8, 4) is 0 Å². The van der Waals surface area contributed by atoms with Gasteiger partial charge in [-0.05, 0) is 42.5 Å². The third kappa shape index (κ3) is 5.06. The average Bonchev–Trinajstić information content (AvgIpc) is 2.68. The smallest absolute Gasteiger partial charge is 0.254 e. The summed E-state index contributed by atoms with van der Waals surface area (Å²) in [5.41, 5.74) is 2.07. The maximum absolute atomic E-state index is 12.5. The number of nitrogens with one attached hydrogen (secondary N) is 2. The van der Waals surface area contributed by atoms with Gasteiger partial charge in [0.05, 0.1) is 19.8 Å². The number of rotatable bonds is 5. The number of nitrogens with zero attached hydrogens (tertiary/aromatic N) is 1. The SMILES string of the molecule is O=C(CNc1cccc(C(=O)N2CCOCC2)c1)Nc1ccc(Br)cc1. The van der Waals surface area contributed by atoms with Gasteiger partial charge >= 0.3 is 0 Å². The van der Waals surface area contributed by atoms with Crippen molar-refractivity contribution in [2.24, 2.45) is 0 Å². The highest BCUT2D eigenvalue weighted by Gasteiger charge is 2.18. The second-order valence-electron chi connectivity index (χ2n) is 5.89. The number of anilines is 2. The molecule has 2 aromatic carbocycles. The first-order valence-corrected chi connectivity index (χ1v) is 9.17. The molecule has 0 radical (unpaired) electrons. The molecule has 0 saturated carbocycles. The normalized spacial score (nSPS) is 14.0. The maximum atomic E-state index is 12.5. The monoisotopic (exact) mass is 417 g/mol. The minimum Gasteiger partial charge on any atom is -0.378 e. The lowest BCUT2D eigenvalue weighted by Gasteiger charge is -2.27. The van der Waals surface area contributed by atoms with Crippen LogP contribution in [0, 0.1) is 0 Å². The summed E-state index contributed by atoms with van der Waals surface area (Å²) in [6, 6.07) is 14.6. The second-order valence-corrected chi connectivity index (χ2v) is 6.81. The Bertz CT molecular complexity index is 774. The highest BCUT2D eigenvalue weighted by atomic mass is 79.9. The van der Waals surface area contributed by atoms with Crippen LogP contribution in [-0.2, 0) is 9.53 Å². The summed E-state index contributed by atoms with van der Waals surface area (Å²) >= 11 is 3.36. The highest BCUT2D eigenvalue weighted by molar-refractivity contribution is 9.10. The zero-order valence-corrected chi connectivity index (χ0v) is 15.8. The van der Waals surface area contributed by atoms with Gasteiger partial charge in [0.1, 0.15) is 0 Å². The van der Waals surface area contributed by atoms with Gasteiger partial charge in [0, 0.05) is 34.5 Å². The number of halogens is 1. The van der Waals surface area contributed by atoms with Crippen molar-refractivity contribution in [3.63, 3.8) is 0 Å². The van der Waals surface area contributed by atoms with Gasteiger partial charge in [0.15, 0.2) is 0 Å². The number of carbonyl (C=O) groups is 2. The largest absolute Gasteiger partial charge is 0.378 e. The van der Waals surface area contributed by atoms with Gasteiger partial charge in [0.2, 0.25) is 5.91 Å². The number of carbonyl (C=O) groups excluding carboxylic acids is 2. The predicted octanol–water partition coefficient (Wildman–Crippen LogP) is 2.97. The van der Waals surface area contributed by atoms with Crippen molar-refractivity contribution < 1.29 is 14.3 Å². The molecule has 1 heterocycles. The van der Waals surface area contributed by atoms with E-state index in [-0.39, 0.29) is 18.4 Å². The lowest BCUT2D eigenvalue weighted by atomic mass is 10.1. The predicted molar refractivity (Wildman–Crippen MR) is 104 cm³/mol. The standard InChI is InChI=1S/C19H20BrN3O3/c20-15-4-6-16(7-5-15)22-18(24)13-21-17-3-1-2-14(12-17)19(25)23-8-10-26-11-9-23/h1-7,12,21H,8-11,13H2,(H,22,24). The van der Waals surface area contributed by atoms with Crippen LogP contribution in [0.1, 0.15) is 10.4 Å². The van der Waals surface area contributed by atoms with Crippen molar-refractivity contribution >= 4 is 39.1 Å². The van der Waals surface area contributed by atoms with Gasteiger partial charge in [-0.15, -0.1) is 0 Å². The first-order chi connectivity index (χ1) is 12.6. The lowest BCUT2D eigenvalue weighted by molar-refractivity contribution is -0.114. The Hall–Kier alpha value is -2.38. The second kappa shape index (κ2) is 8.82. The number of hydrogen-bond donors (Lipinski definition) is 2. The molecule has 136 valence electrons. The molecule has 0 aromatic heterocycles. The van der Waals surface area contributed by atoms with E-state index in [0.29, 0.717) is 31.9 Å². The Balaban J connectivity index is 1.55. The molecule has 0 aliphatic carbocycles. The van der Waals surface area contributed by atoms with E-state index in [1.807, 2.05) is 36.4 Å². The van der Waals surface area contributed by atoms with Crippen LogP contribution in [0.25, 0.3) is 0 Å². The van der Waals surface area contributed by atoms with Crippen LogP contribution in [0.4, 0.5) is 11.4 Å². The topological polar surface area (TPSA) is 70.7 Å². The molecule has 2 amide bonds. The highest BCUT2D eigenvalue weighted by Crippen LogP contribution is 2.15. The number of morpholine rings is 1. The Morgan fingerprint density at radius 3 is 2.50 bits per heavy atom. The molecule has 1 aliphatic rings. The van der Waals surface area contributed by atoms with E-state index in [9.17, 15) is 9.59 Å². The third-order valence-electron chi connectivity index (χ3n) is 3.99. The molecule has 3 rings (SSSR count). The minimum absolute atomic E-state index is 0.0173. The molecular formula is C19H20BrN3O3. The van der Waals surface area contributed by atoms with Crippen LogP contribution in [0.2, 0.25) is 0 Å². The molecule has 0 atom stereocenters. The van der Waals surface area contributed by atoms with Crippen molar-refractivity contribution in [3.05, 3.63) is 58.6 Å². The quantitative estimate of drug-likeness (QED) is 0.784. The summed E-state index contributed by atoms with van der Waals surface area (Å²) < 4.78 is 6.23. The number of ether oxygens (including phenoxy) is 1. The Morgan fingerprint density at radius 2 is 1.77 bits per heavy atom. The Labute approximate surface area is 160 Å². The number of amides is 2. The molecule has 1 fully saturated rings. The molecule has 2 aromatic rings. The number of benzene rings is 2. The molecule has 6 nitrogen and oxygen atoms in total. The van der Waals surface area contributed by atoms with E-state index in [1.165, 1.54) is 0 Å². The van der Waals surface area contributed by atoms with Gasteiger partial charge in [-0.2, -0.15) is 0 Å². The summed E-state index contributed by atoms with van der Waals surface area (Å²) in [5.74, 6) is -0.173. The van der Waals surface area contributed by atoms with Gasteiger partial charge < -0.3 is 20.3 Å². The van der Waals surface area contributed by atoms with Crippen molar-refractivity contribution in [2.75, 3.05) is 43.5 Å². The van der Waals surface area contributed by atoms with E-state index in [2.05, 4.69) is 26.6 Å². The van der Waals surface area contributed by atoms with Crippen LogP contribution in [0.15, 0.2) is 53.0 Å². The molecule has 1 saturated heterocycles. The van der Waals surface area contributed by atoms with Gasteiger partial charge in [-0.25, -0.2) is 0 Å². The van der Waals surface area contributed by atoms with Crippen LogP contribution in [-0.4, -0.2) is 49.6 Å². The van der Waals surface area contributed by atoms with Gasteiger partial charge in [-0.1, -0.05) is 22.0 Å². The van der Waals surface area contributed by atoms with Crippen molar-refractivity contribution in [2.45, 2.75) is 0 Å². The van der Waals surface area contributed by atoms with E-state index in [4.69, 9.17) is 4.74 Å². The maximum Gasteiger partial charge on any atom is 0.254 e. The fraction of sp³-hybridized carbons (Fsp3) is 0.263. The first kappa shape index (κ1) is 18.4. The molecular weight excluding hydrogens is 398 g/mol. The fourth-order valence-corrected chi connectivity index (χ4v) is 2.90. The van der Waals surface area contributed by atoms with Crippen LogP contribution >= 0.6 is 15.9 Å². The van der Waals surface area contributed by atoms with Crippen LogP contribution in [0.3, 0.4) is 0 Å². The van der Waals surface area contributed by atoms with Gasteiger partial charge in [-0.3, -0.25) is 9.59 Å². The third-order valence-corrected chi connectivity index (χ3v) is 4.52. The van der Waals surface area contributed by atoms with Gasteiger partial charge in [0.25, 0.3) is 5.91 Å². The van der Waals surface area contributed by atoms with Crippen molar-refractivity contribution in [1.82, 2.24) is 4.90 Å². The Kier molecular flexibility index (Phi) is 6.25. The fourth-order valence-electron chi connectivity index (χ4n) is 2.63. The summed E-state index contributed by atoms with van der Waals surface area (Å²) in [5, 5.41) is 5.87. The summed E-state index contributed by atoms with van der Waals surface area (Å²) in [6.45, 7) is 2.46. The molecule has 7 heteroatoms. The van der Waals surface area contributed by atoms with Crippen LogP contribution in [0.5, 0.6) is 0 Å². The molecule has 0 unspecified atom stereocenters. The molecule has 0 spiro atoms. The molecule has 1 aliphatic heterocycles. The van der Waals surface area contributed by atoms with Crippen LogP contribution < -0.4 is 10.6 Å². The molecule has 2 N–H and O–H groups in total. The minimum atomic E-state index is -0.155. The summed E-state index contributed by atoms with van der Waals surface area (Å²) in [4.78, 5) is 26.4. The Morgan fingerprint density at radius 1 is 1.04 bits per heavy atom. The summed E-state index contributed by atoms with van der Waals surface area (Å²) in [7, 11) is 0. The van der Waals surface area contributed by atoms with E-state index < -0.39 is 0 Å². The van der Waals surface area contributed by atoms with E-state index >= 15 is 0 Å². The zero-order valence-electron chi connectivity index (χ0n) is 14.2.